The fraction of sp³-hybridized carbons (Fsp3) is 0.250. The van der Waals surface area contributed by atoms with Crippen molar-refractivity contribution in [3.05, 3.63) is 83.9 Å². The fourth-order valence-electron chi connectivity index (χ4n) is 4.80. The predicted octanol–water partition coefficient (Wildman–Crippen LogP) is 4.37. The molecule has 0 aliphatic carbocycles. The van der Waals surface area contributed by atoms with Crippen LogP contribution in [0.5, 0.6) is 11.5 Å². The summed E-state index contributed by atoms with van der Waals surface area (Å²) >= 11 is 0. The van der Waals surface area contributed by atoms with E-state index in [0.717, 1.165) is 16.6 Å². The number of aromatic nitrogens is 2. The minimum absolute atomic E-state index is 0.158. The van der Waals surface area contributed by atoms with Gasteiger partial charge in [-0.05, 0) is 36.8 Å². The van der Waals surface area contributed by atoms with Crippen LogP contribution < -0.4 is 14.4 Å². The lowest BCUT2D eigenvalue weighted by Crippen LogP contribution is -2.49. The van der Waals surface area contributed by atoms with Gasteiger partial charge in [0.05, 0.1) is 44.4 Å². The van der Waals surface area contributed by atoms with Crippen molar-refractivity contribution in [3.8, 4) is 11.5 Å². The molecule has 0 bridgehead atoms. The van der Waals surface area contributed by atoms with Crippen LogP contribution in [0.3, 0.4) is 0 Å². The first-order valence-corrected chi connectivity index (χ1v) is 11.8. The molecule has 2 atom stereocenters. The van der Waals surface area contributed by atoms with Crippen LogP contribution in [0.15, 0.2) is 72.8 Å². The molecule has 2 unspecified atom stereocenters. The molecule has 184 valence electrons. The topological polar surface area (TPSA) is 82.9 Å². The summed E-state index contributed by atoms with van der Waals surface area (Å²) in [5.41, 5.74) is 3.11. The number of ether oxygens (including phenoxy) is 3. The van der Waals surface area contributed by atoms with E-state index < -0.39 is 17.9 Å². The lowest BCUT2D eigenvalue weighted by atomic mass is 9.88. The number of carbonyl (C=O) groups is 2. The second-order valence-electron chi connectivity index (χ2n) is 8.46. The average Bonchev–Trinajstić information content (AvgIpc) is 3.29. The Labute approximate surface area is 209 Å². The molecule has 2 heterocycles. The Bertz CT molecular complexity index is 1420. The summed E-state index contributed by atoms with van der Waals surface area (Å²) in [6, 6.07) is 21.9. The van der Waals surface area contributed by atoms with Gasteiger partial charge in [-0.2, -0.15) is 0 Å². The number of rotatable bonds is 7. The second kappa shape index (κ2) is 9.73. The van der Waals surface area contributed by atoms with Crippen LogP contribution in [0.1, 0.15) is 24.1 Å². The molecule has 0 saturated heterocycles. The first-order valence-electron chi connectivity index (χ1n) is 11.8. The number of methoxy groups -OCH3 is 2. The van der Waals surface area contributed by atoms with E-state index in [1.165, 1.54) is 0 Å². The van der Waals surface area contributed by atoms with Crippen LogP contribution >= 0.6 is 0 Å². The molecule has 4 aromatic rings. The van der Waals surface area contributed by atoms with Gasteiger partial charge in [0.2, 0.25) is 11.9 Å². The quantitative estimate of drug-likeness (QED) is 0.286. The molecule has 0 fully saturated rings. The summed E-state index contributed by atoms with van der Waals surface area (Å²) in [4.78, 5) is 33.9. The predicted molar refractivity (Wildman–Crippen MR) is 135 cm³/mol. The minimum Gasteiger partial charge on any atom is -0.497 e. The number of anilines is 1. The molecule has 1 aliphatic rings. The summed E-state index contributed by atoms with van der Waals surface area (Å²) in [5.74, 6) is -0.530. The number of imidazole rings is 1. The number of hydrogen-bond donors (Lipinski definition) is 0. The van der Waals surface area contributed by atoms with Crippen LogP contribution in [0.2, 0.25) is 0 Å². The van der Waals surface area contributed by atoms with E-state index in [9.17, 15) is 9.59 Å². The van der Waals surface area contributed by atoms with E-state index in [0.29, 0.717) is 23.0 Å². The van der Waals surface area contributed by atoms with E-state index in [1.807, 2.05) is 65.2 Å². The van der Waals surface area contributed by atoms with Gasteiger partial charge in [-0.25, -0.2) is 4.98 Å². The molecule has 0 radical (unpaired) electrons. The van der Waals surface area contributed by atoms with Crippen molar-refractivity contribution < 1.29 is 23.8 Å². The molecule has 5 rings (SSSR count). The molecule has 0 N–H and O–H groups in total. The van der Waals surface area contributed by atoms with E-state index in [-0.39, 0.29) is 19.1 Å². The molecular formula is C28H27N3O5. The van der Waals surface area contributed by atoms with Crippen molar-refractivity contribution in [2.75, 3.05) is 25.7 Å². The van der Waals surface area contributed by atoms with E-state index >= 15 is 0 Å². The van der Waals surface area contributed by atoms with Crippen LogP contribution in [0.25, 0.3) is 11.0 Å². The van der Waals surface area contributed by atoms with Crippen molar-refractivity contribution >= 4 is 28.9 Å². The molecule has 0 saturated carbocycles. The van der Waals surface area contributed by atoms with Crippen LogP contribution in [0, 0.1) is 5.92 Å². The van der Waals surface area contributed by atoms with E-state index in [4.69, 9.17) is 19.2 Å². The van der Waals surface area contributed by atoms with Crippen molar-refractivity contribution in [3.63, 3.8) is 0 Å². The second-order valence-corrected chi connectivity index (χ2v) is 8.46. The summed E-state index contributed by atoms with van der Waals surface area (Å²) in [5, 5.41) is 0. The van der Waals surface area contributed by atoms with Crippen LogP contribution in [-0.2, 0) is 20.9 Å². The zero-order valence-corrected chi connectivity index (χ0v) is 20.4. The number of benzene rings is 3. The largest absolute Gasteiger partial charge is 0.497 e. The zero-order chi connectivity index (χ0) is 25.2. The SMILES string of the molecule is CCOC(=O)C1C(=O)N(Cc2ccccc2)c2nc3ccccc3n2C1c1ccc(OC)cc1OC. The standard InChI is InChI=1S/C28H27N3O5/c1-4-36-27(33)24-25(20-15-14-19(34-2)16-23(20)35-3)31-22-13-9-8-12-21(22)29-28(31)30(26(24)32)17-18-10-6-5-7-11-18/h5-16,24-25H,4,17H2,1-3H3. The molecule has 1 aromatic heterocycles. The first kappa shape index (κ1) is 23.4. The van der Waals surface area contributed by atoms with Gasteiger partial charge in [0.15, 0.2) is 5.92 Å². The summed E-state index contributed by atoms with van der Waals surface area (Å²) < 4.78 is 18.5. The number of esters is 1. The van der Waals surface area contributed by atoms with Crippen molar-refractivity contribution in [2.24, 2.45) is 5.92 Å². The lowest BCUT2D eigenvalue weighted by molar-refractivity contribution is -0.153. The molecule has 36 heavy (non-hydrogen) atoms. The number of nitrogens with zero attached hydrogens (tertiary/aromatic N) is 3. The smallest absolute Gasteiger partial charge is 0.321 e. The highest BCUT2D eigenvalue weighted by molar-refractivity contribution is 6.08. The highest BCUT2D eigenvalue weighted by atomic mass is 16.5. The maximum Gasteiger partial charge on any atom is 0.321 e. The molecule has 8 heteroatoms. The fourth-order valence-corrected chi connectivity index (χ4v) is 4.80. The molecule has 0 spiro atoms. The van der Waals surface area contributed by atoms with Crippen LogP contribution in [-0.4, -0.2) is 42.3 Å². The Kier molecular flexibility index (Phi) is 6.33. The highest BCUT2D eigenvalue weighted by Crippen LogP contribution is 2.45. The van der Waals surface area contributed by atoms with E-state index in [2.05, 4.69) is 0 Å². The number of amides is 1. The maximum absolute atomic E-state index is 14.1. The van der Waals surface area contributed by atoms with Gasteiger partial charge in [0, 0.05) is 11.6 Å². The van der Waals surface area contributed by atoms with Gasteiger partial charge in [-0.15, -0.1) is 0 Å². The average molecular weight is 486 g/mol. The molecular weight excluding hydrogens is 458 g/mol. The van der Waals surface area contributed by atoms with Crippen molar-refractivity contribution in [1.82, 2.24) is 9.55 Å². The van der Waals surface area contributed by atoms with Gasteiger partial charge in [0.25, 0.3) is 0 Å². The normalized spacial score (nSPS) is 17.1. The van der Waals surface area contributed by atoms with Crippen molar-refractivity contribution in [1.29, 1.82) is 0 Å². The van der Waals surface area contributed by atoms with Gasteiger partial charge in [-0.1, -0.05) is 42.5 Å². The third-order valence-electron chi connectivity index (χ3n) is 6.43. The Morgan fingerprint density at radius 3 is 2.44 bits per heavy atom. The third-order valence-corrected chi connectivity index (χ3v) is 6.43. The first-order chi connectivity index (χ1) is 17.6. The zero-order valence-electron chi connectivity index (χ0n) is 20.4. The maximum atomic E-state index is 14.1. The molecule has 8 nitrogen and oxygen atoms in total. The van der Waals surface area contributed by atoms with Gasteiger partial charge in [0.1, 0.15) is 11.5 Å². The minimum atomic E-state index is -1.14. The summed E-state index contributed by atoms with van der Waals surface area (Å²) in [6.45, 7) is 2.16. The van der Waals surface area contributed by atoms with Crippen LogP contribution in [0.4, 0.5) is 5.95 Å². The van der Waals surface area contributed by atoms with Gasteiger partial charge >= 0.3 is 5.97 Å². The number of hydrogen-bond acceptors (Lipinski definition) is 6. The van der Waals surface area contributed by atoms with Gasteiger partial charge < -0.3 is 18.8 Å². The molecule has 1 amide bonds. The Hall–Kier alpha value is -4.33. The molecule has 1 aliphatic heterocycles. The van der Waals surface area contributed by atoms with E-state index in [1.54, 1.807) is 38.2 Å². The summed E-state index contributed by atoms with van der Waals surface area (Å²) in [6.07, 6.45) is 0. The highest BCUT2D eigenvalue weighted by Gasteiger charge is 2.48. The number of fused-ring (bicyclic) bond motifs is 3. The lowest BCUT2D eigenvalue weighted by Gasteiger charge is -2.38. The number of para-hydroxylation sites is 2. The number of carbonyl (C=O) groups excluding carboxylic acids is 2. The third kappa shape index (κ3) is 3.94. The monoisotopic (exact) mass is 485 g/mol. The summed E-state index contributed by atoms with van der Waals surface area (Å²) in [7, 11) is 3.12. The molecule has 3 aromatic carbocycles. The van der Waals surface area contributed by atoms with Crippen molar-refractivity contribution in [2.45, 2.75) is 19.5 Å². The van der Waals surface area contributed by atoms with Gasteiger partial charge in [-0.3, -0.25) is 14.5 Å². The Morgan fingerprint density at radius 2 is 1.72 bits per heavy atom. The Balaban J connectivity index is 1.77. The Morgan fingerprint density at radius 1 is 0.972 bits per heavy atom.